The van der Waals surface area contributed by atoms with Crippen molar-refractivity contribution in [3.05, 3.63) is 36.0 Å². The summed E-state index contributed by atoms with van der Waals surface area (Å²) in [6.07, 6.45) is -0.866. The van der Waals surface area contributed by atoms with E-state index in [9.17, 15) is 38.7 Å². The van der Waals surface area contributed by atoms with Crippen LogP contribution in [0, 0.1) is 0 Å². The summed E-state index contributed by atoms with van der Waals surface area (Å²) >= 11 is 0. The van der Waals surface area contributed by atoms with Gasteiger partial charge in [-0.05, 0) is 11.6 Å². The molecule has 1 heterocycles. The van der Waals surface area contributed by atoms with Crippen molar-refractivity contribution in [2.45, 2.75) is 49.9 Å². The Morgan fingerprint density at radius 3 is 1.79 bits per heavy atom. The molecular weight excluding hydrogens is 518 g/mol. The number of nitrogens with two attached hydrogens (primary N) is 3. The van der Waals surface area contributed by atoms with Crippen LogP contribution in [-0.4, -0.2) is 80.8 Å². The number of carbonyl (C=O) groups excluding carboxylic acids is 5. The first-order valence-corrected chi connectivity index (χ1v) is 11.5. The van der Waals surface area contributed by atoms with Crippen LogP contribution in [0.4, 0.5) is 0 Å². The van der Waals surface area contributed by atoms with Gasteiger partial charge < -0.3 is 48.3 Å². The Bertz CT molecular complexity index is 1280. The van der Waals surface area contributed by atoms with E-state index in [1.165, 1.54) is 0 Å². The molecule has 1 aromatic heterocycles. The molecule has 16 heteroatoms. The highest BCUT2D eigenvalue weighted by atomic mass is 16.4. The molecule has 210 valence electrons. The third-order valence-electron chi connectivity index (χ3n) is 5.52. The Labute approximate surface area is 220 Å². The Morgan fingerprint density at radius 1 is 0.769 bits per heavy atom. The molecule has 0 saturated carbocycles. The summed E-state index contributed by atoms with van der Waals surface area (Å²) in [7, 11) is 0. The van der Waals surface area contributed by atoms with Crippen LogP contribution in [0.2, 0.25) is 0 Å². The maximum atomic E-state index is 12.9. The second-order valence-corrected chi connectivity index (χ2v) is 8.63. The molecule has 0 aliphatic rings. The lowest BCUT2D eigenvalue weighted by molar-refractivity contribution is -0.142. The minimum atomic E-state index is -1.69. The van der Waals surface area contributed by atoms with Crippen LogP contribution in [-0.2, 0) is 40.0 Å². The van der Waals surface area contributed by atoms with E-state index in [0.717, 1.165) is 10.9 Å². The van der Waals surface area contributed by atoms with Crippen LogP contribution < -0.4 is 33.2 Å². The van der Waals surface area contributed by atoms with E-state index in [-0.39, 0.29) is 6.42 Å². The molecule has 4 atom stereocenters. The number of carboxylic acids is 2. The number of H-pyrrole nitrogens is 1. The highest BCUT2D eigenvalue weighted by Gasteiger charge is 2.32. The van der Waals surface area contributed by atoms with Crippen molar-refractivity contribution in [3.8, 4) is 0 Å². The summed E-state index contributed by atoms with van der Waals surface area (Å²) in [5, 5.41) is 25.7. The number of aromatic nitrogens is 1. The predicted octanol–water partition coefficient (Wildman–Crippen LogP) is -3.20. The van der Waals surface area contributed by atoms with Gasteiger partial charge in [0.15, 0.2) is 0 Å². The molecule has 4 unspecified atom stereocenters. The average molecular weight is 548 g/mol. The number of carbonyl (C=O) groups is 7. The molecule has 5 amide bonds. The number of carboxylic acid groups (broad SMARTS) is 2. The molecule has 2 rings (SSSR count). The fourth-order valence-electron chi connectivity index (χ4n) is 3.65. The molecule has 0 spiro atoms. The van der Waals surface area contributed by atoms with Gasteiger partial charge in [0.25, 0.3) is 0 Å². The number of para-hydroxylation sites is 1. The zero-order valence-electron chi connectivity index (χ0n) is 20.5. The Balaban J connectivity index is 2.19. The predicted molar refractivity (Wildman–Crippen MR) is 133 cm³/mol. The first kappa shape index (κ1) is 30.2. The number of primary amides is 2. The highest BCUT2D eigenvalue weighted by Crippen LogP contribution is 2.19. The second kappa shape index (κ2) is 13.5. The van der Waals surface area contributed by atoms with Crippen LogP contribution in [0.25, 0.3) is 10.9 Å². The number of aromatic amines is 1. The maximum absolute atomic E-state index is 12.9. The third-order valence-corrected chi connectivity index (χ3v) is 5.52. The molecule has 0 saturated heterocycles. The summed E-state index contributed by atoms with van der Waals surface area (Å²) in [5.74, 6) is -8.20. The van der Waals surface area contributed by atoms with Gasteiger partial charge in [-0.1, -0.05) is 18.2 Å². The minimum Gasteiger partial charge on any atom is -0.481 e. The number of rotatable bonds is 15. The molecule has 2 aromatic rings. The molecule has 16 nitrogen and oxygen atoms in total. The first-order valence-electron chi connectivity index (χ1n) is 11.5. The first-order chi connectivity index (χ1) is 18.3. The van der Waals surface area contributed by atoms with E-state index >= 15 is 0 Å². The maximum Gasteiger partial charge on any atom is 0.326 e. The highest BCUT2D eigenvalue weighted by molar-refractivity contribution is 5.98. The van der Waals surface area contributed by atoms with Gasteiger partial charge in [0, 0.05) is 23.5 Å². The molecule has 0 radical (unpaired) electrons. The number of fused-ring (bicyclic) bond motifs is 1. The Kier molecular flexibility index (Phi) is 10.5. The van der Waals surface area contributed by atoms with Crippen molar-refractivity contribution in [2.24, 2.45) is 17.2 Å². The van der Waals surface area contributed by atoms with Gasteiger partial charge in [-0.15, -0.1) is 0 Å². The van der Waals surface area contributed by atoms with Crippen LogP contribution in [0.15, 0.2) is 30.5 Å². The van der Waals surface area contributed by atoms with Crippen molar-refractivity contribution in [3.63, 3.8) is 0 Å². The largest absolute Gasteiger partial charge is 0.481 e. The summed E-state index contributed by atoms with van der Waals surface area (Å²) in [4.78, 5) is 86.7. The monoisotopic (exact) mass is 547 g/mol. The summed E-state index contributed by atoms with van der Waals surface area (Å²) in [6, 6.07) is 0.635. The lowest BCUT2D eigenvalue weighted by Gasteiger charge is -2.24. The normalized spacial score (nSPS) is 13.9. The lowest BCUT2D eigenvalue weighted by Crippen LogP contribution is -2.58. The molecule has 0 aliphatic carbocycles. The van der Waals surface area contributed by atoms with Gasteiger partial charge >= 0.3 is 11.9 Å². The van der Waals surface area contributed by atoms with Gasteiger partial charge in [-0.3, -0.25) is 28.8 Å². The number of benzene rings is 1. The van der Waals surface area contributed by atoms with E-state index in [2.05, 4.69) is 20.9 Å². The summed E-state index contributed by atoms with van der Waals surface area (Å²) in [5.41, 5.74) is 17.1. The van der Waals surface area contributed by atoms with Gasteiger partial charge in [0.05, 0.1) is 25.3 Å². The zero-order valence-corrected chi connectivity index (χ0v) is 20.5. The standard InChI is InChI=1S/C23H29N7O9/c24-12(6-19(33)34)20(35)28-14(7-17(25)31)21(36)29-15(8-18(26)32)22(37)30-16(23(38)39)5-10-9-27-13-4-2-1-3-11(10)13/h1-4,9,12,14-16,27H,5-8,24H2,(H2,25,31)(H2,26,32)(H,28,35)(H,29,36)(H,30,37)(H,33,34)(H,38,39). The van der Waals surface area contributed by atoms with Crippen molar-refractivity contribution >= 4 is 52.4 Å². The fraction of sp³-hybridized carbons (Fsp3) is 0.348. The summed E-state index contributed by atoms with van der Waals surface area (Å²) in [6.45, 7) is 0. The molecule has 0 bridgehead atoms. The van der Waals surface area contributed by atoms with Gasteiger partial charge in [-0.25, -0.2) is 4.79 Å². The minimum absolute atomic E-state index is 0.149. The fourth-order valence-corrected chi connectivity index (χ4v) is 3.65. The lowest BCUT2D eigenvalue weighted by atomic mass is 10.0. The number of amides is 5. The van der Waals surface area contributed by atoms with E-state index in [1.807, 2.05) is 0 Å². The number of nitrogens with one attached hydrogen (secondary N) is 4. The molecule has 12 N–H and O–H groups in total. The van der Waals surface area contributed by atoms with Crippen LogP contribution in [0.3, 0.4) is 0 Å². The Hall–Kier alpha value is -4.99. The van der Waals surface area contributed by atoms with E-state index in [1.54, 1.807) is 30.5 Å². The van der Waals surface area contributed by atoms with Crippen LogP contribution >= 0.6 is 0 Å². The van der Waals surface area contributed by atoms with E-state index in [0.29, 0.717) is 5.56 Å². The molecular formula is C23H29N7O9. The molecule has 0 fully saturated rings. The van der Waals surface area contributed by atoms with Gasteiger partial charge in [-0.2, -0.15) is 0 Å². The molecule has 1 aromatic carbocycles. The van der Waals surface area contributed by atoms with Crippen LogP contribution in [0.1, 0.15) is 24.8 Å². The molecule has 0 aliphatic heterocycles. The van der Waals surface area contributed by atoms with E-state index < -0.39 is 84.9 Å². The van der Waals surface area contributed by atoms with Gasteiger partial charge in [0.2, 0.25) is 29.5 Å². The second-order valence-electron chi connectivity index (χ2n) is 8.63. The van der Waals surface area contributed by atoms with Crippen molar-refractivity contribution in [2.75, 3.05) is 0 Å². The van der Waals surface area contributed by atoms with Crippen molar-refractivity contribution in [1.29, 1.82) is 0 Å². The number of hydrogen-bond acceptors (Lipinski definition) is 8. The molecule has 39 heavy (non-hydrogen) atoms. The van der Waals surface area contributed by atoms with Gasteiger partial charge in [0.1, 0.15) is 18.1 Å². The zero-order chi connectivity index (χ0) is 29.3. The number of aliphatic carboxylic acids is 2. The quantitative estimate of drug-likeness (QED) is 0.108. The average Bonchev–Trinajstić information content (AvgIpc) is 3.24. The van der Waals surface area contributed by atoms with Crippen molar-refractivity contribution < 1.29 is 43.8 Å². The van der Waals surface area contributed by atoms with Crippen LogP contribution in [0.5, 0.6) is 0 Å². The Morgan fingerprint density at radius 2 is 1.28 bits per heavy atom. The van der Waals surface area contributed by atoms with E-state index in [4.69, 9.17) is 22.3 Å². The summed E-state index contributed by atoms with van der Waals surface area (Å²) < 4.78 is 0. The van der Waals surface area contributed by atoms with Crippen molar-refractivity contribution in [1.82, 2.24) is 20.9 Å². The number of hydrogen-bond donors (Lipinski definition) is 9. The third kappa shape index (κ3) is 9.12. The smallest absolute Gasteiger partial charge is 0.326 e. The topological polar surface area (TPSA) is 290 Å². The SMILES string of the molecule is NC(=O)CC(NC(=O)C(N)CC(=O)O)C(=O)NC(CC(N)=O)C(=O)NC(Cc1c[nH]c2ccccc12)C(=O)O.